The molecule has 2 aliphatic rings. The van der Waals surface area contributed by atoms with Crippen LogP contribution in [-0.2, 0) is 20.1 Å². The maximum Gasteiger partial charge on any atom is 0.00818 e. The van der Waals surface area contributed by atoms with Gasteiger partial charge in [-0.05, 0) is 38.5 Å². The van der Waals surface area contributed by atoms with Crippen LogP contribution in [0.5, 0.6) is 0 Å². The molecule has 0 aromatic rings. The third-order valence-electron chi connectivity index (χ3n) is 1.84. The molecule has 9 heavy (non-hydrogen) atoms. The summed E-state index contributed by atoms with van der Waals surface area (Å²) < 4.78 is 1.55. The Morgan fingerprint density at radius 2 is 2.22 bits per heavy atom. The van der Waals surface area contributed by atoms with Gasteiger partial charge in [0, 0.05) is 26.0 Å². The fourth-order valence-electron chi connectivity index (χ4n) is 1.38. The topological polar surface area (TPSA) is 0 Å². The molecule has 0 amide bonds. The van der Waals surface area contributed by atoms with Crippen LogP contribution in [0, 0.1) is 11.8 Å². The van der Waals surface area contributed by atoms with Gasteiger partial charge in [0.1, 0.15) is 0 Å². The molecular formula is C7H7IIr. The minimum absolute atomic E-state index is 0. The Hall–Kier alpha value is 0.859. The van der Waals surface area contributed by atoms with Gasteiger partial charge in [-0.25, -0.2) is 0 Å². The standard InChI is InChI=1S/C7H7I.Ir/c8-7-4-5-1-2-6(7)3-5;/h1-2,4-6H,3H2;. The molecule has 0 nitrogen and oxygen atoms in total. The van der Waals surface area contributed by atoms with Crippen LogP contribution < -0.4 is 0 Å². The van der Waals surface area contributed by atoms with Crippen molar-refractivity contribution in [3.63, 3.8) is 0 Å². The van der Waals surface area contributed by atoms with Gasteiger partial charge in [0.15, 0.2) is 0 Å². The van der Waals surface area contributed by atoms with E-state index in [1.54, 1.807) is 3.58 Å². The van der Waals surface area contributed by atoms with E-state index in [-0.39, 0.29) is 20.1 Å². The van der Waals surface area contributed by atoms with Crippen molar-refractivity contribution in [2.24, 2.45) is 11.8 Å². The Labute approximate surface area is 82.3 Å². The molecule has 0 fully saturated rings. The molecule has 0 N–H and O–H groups in total. The van der Waals surface area contributed by atoms with Gasteiger partial charge in [0.2, 0.25) is 0 Å². The van der Waals surface area contributed by atoms with Crippen LogP contribution in [-0.4, -0.2) is 0 Å². The van der Waals surface area contributed by atoms with Crippen molar-refractivity contribution in [3.05, 3.63) is 21.8 Å². The van der Waals surface area contributed by atoms with Crippen LogP contribution in [0.3, 0.4) is 0 Å². The van der Waals surface area contributed by atoms with Gasteiger partial charge >= 0.3 is 0 Å². The van der Waals surface area contributed by atoms with Gasteiger partial charge < -0.3 is 0 Å². The molecule has 0 spiro atoms. The van der Waals surface area contributed by atoms with Crippen LogP contribution >= 0.6 is 22.6 Å². The van der Waals surface area contributed by atoms with Crippen molar-refractivity contribution in [3.8, 4) is 0 Å². The quantitative estimate of drug-likeness (QED) is 0.426. The van der Waals surface area contributed by atoms with E-state index >= 15 is 0 Å². The molecule has 0 aromatic carbocycles. The first-order chi connectivity index (χ1) is 3.86. The second-order valence-electron chi connectivity index (χ2n) is 2.44. The smallest absolute Gasteiger partial charge is 0.00818 e. The first-order valence-electron chi connectivity index (χ1n) is 2.92. The SMILES string of the molecule is IC1=CC2C=CC1C2.[Ir]. The van der Waals surface area contributed by atoms with Gasteiger partial charge in [-0.3, -0.25) is 0 Å². The Bertz CT molecular complexity index is 172. The predicted molar refractivity (Wildman–Crippen MR) is 42.8 cm³/mol. The molecule has 0 saturated carbocycles. The summed E-state index contributed by atoms with van der Waals surface area (Å²) in [5, 5.41) is 0. The maximum absolute atomic E-state index is 2.43. The van der Waals surface area contributed by atoms with Crippen molar-refractivity contribution in [1.29, 1.82) is 0 Å². The van der Waals surface area contributed by atoms with Crippen LogP contribution in [0.4, 0.5) is 0 Å². The molecule has 2 heteroatoms. The van der Waals surface area contributed by atoms with Gasteiger partial charge in [0.05, 0.1) is 0 Å². The number of halogens is 1. The monoisotopic (exact) mass is 411 g/mol. The third kappa shape index (κ3) is 1.31. The van der Waals surface area contributed by atoms with Crippen molar-refractivity contribution < 1.29 is 20.1 Å². The number of hydrogen-bond donors (Lipinski definition) is 0. The Kier molecular flexibility index (Phi) is 2.52. The fourth-order valence-corrected chi connectivity index (χ4v) is 2.31. The van der Waals surface area contributed by atoms with E-state index in [2.05, 4.69) is 40.8 Å². The van der Waals surface area contributed by atoms with E-state index in [1.807, 2.05) is 0 Å². The van der Waals surface area contributed by atoms with Gasteiger partial charge in [-0.15, -0.1) is 0 Å². The zero-order chi connectivity index (χ0) is 5.56. The van der Waals surface area contributed by atoms with E-state index in [1.165, 1.54) is 6.42 Å². The molecule has 2 rings (SSSR count). The molecule has 2 bridgehead atoms. The molecule has 51 valence electrons. The summed E-state index contributed by atoms with van der Waals surface area (Å²) >= 11 is 2.43. The third-order valence-corrected chi connectivity index (χ3v) is 3.00. The van der Waals surface area contributed by atoms with Crippen LogP contribution in [0.15, 0.2) is 21.8 Å². The minimum Gasteiger partial charge on any atom is -0.0809 e. The van der Waals surface area contributed by atoms with Crippen molar-refractivity contribution in [1.82, 2.24) is 0 Å². The zero-order valence-electron chi connectivity index (χ0n) is 4.81. The largest absolute Gasteiger partial charge is 0.0809 e. The maximum atomic E-state index is 2.43. The summed E-state index contributed by atoms with van der Waals surface area (Å²) in [7, 11) is 0. The molecular weight excluding hydrogens is 403 g/mol. The van der Waals surface area contributed by atoms with Crippen LogP contribution in [0.2, 0.25) is 0 Å². The second kappa shape index (κ2) is 2.85. The average Bonchev–Trinajstić information content (AvgIpc) is 2.23. The number of allylic oxidation sites excluding steroid dienone is 4. The molecule has 0 heterocycles. The number of fused-ring (bicyclic) bond motifs is 2. The zero-order valence-corrected chi connectivity index (χ0v) is 9.36. The fraction of sp³-hybridized carbons (Fsp3) is 0.429. The molecule has 2 atom stereocenters. The average molecular weight is 410 g/mol. The summed E-state index contributed by atoms with van der Waals surface area (Å²) in [4.78, 5) is 0. The molecule has 0 aromatic heterocycles. The first-order valence-corrected chi connectivity index (χ1v) is 3.99. The number of hydrogen-bond acceptors (Lipinski definition) is 0. The number of rotatable bonds is 0. The van der Waals surface area contributed by atoms with Gasteiger partial charge in [-0.2, -0.15) is 0 Å². The first kappa shape index (κ1) is 7.96. The van der Waals surface area contributed by atoms with E-state index in [4.69, 9.17) is 0 Å². The summed E-state index contributed by atoms with van der Waals surface area (Å²) in [5.41, 5.74) is 0. The van der Waals surface area contributed by atoms with E-state index in [9.17, 15) is 0 Å². The van der Waals surface area contributed by atoms with Crippen LogP contribution in [0.25, 0.3) is 0 Å². The summed E-state index contributed by atoms with van der Waals surface area (Å²) in [6.45, 7) is 0. The molecule has 0 aliphatic heterocycles. The van der Waals surface area contributed by atoms with E-state index in [0.29, 0.717) is 0 Å². The van der Waals surface area contributed by atoms with Gasteiger partial charge in [0.25, 0.3) is 0 Å². The predicted octanol–water partition coefficient (Wildman–Crippen LogP) is 2.51. The molecule has 0 saturated heterocycles. The van der Waals surface area contributed by atoms with Crippen molar-refractivity contribution in [2.45, 2.75) is 6.42 Å². The Morgan fingerprint density at radius 1 is 1.44 bits per heavy atom. The van der Waals surface area contributed by atoms with Crippen LogP contribution in [0.1, 0.15) is 6.42 Å². The van der Waals surface area contributed by atoms with E-state index in [0.717, 1.165) is 11.8 Å². The molecule has 2 aliphatic carbocycles. The summed E-state index contributed by atoms with van der Waals surface area (Å²) in [6, 6.07) is 0. The van der Waals surface area contributed by atoms with E-state index < -0.39 is 0 Å². The van der Waals surface area contributed by atoms with Crippen molar-refractivity contribution in [2.75, 3.05) is 0 Å². The Morgan fingerprint density at radius 3 is 2.44 bits per heavy atom. The summed E-state index contributed by atoms with van der Waals surface area (Å²) in [6.07, 6.45) is 8.36. The molecule has 1 radical (unpaired) electrons. The minimum atomic E-state index is 0. The normalized spacial score (nSPS) is 36.3. The second-order valence-corrected chi connectivity index (χ2v) is 3.69. The summed E-state index contributed by atoms with van der Waals surface area (Å²) in [5.74, 6) is 1.60. The van der Waals surface area contributed by atoms with Gasteiger partial charge in [-0.1, -0.05) is 18.2 Å². The molecule has 2 unspecified atom stereocenters. The Balaban J connectivity index is 0.000000405. The van der Waals surface area contributed by atoms with Crippen molar-refractivity contribution >= 4 is 22.6 Å².